The number of alkyl halides is 3. The molecule has 0 fully saturated rings. The first kappa shape index (κ1) is 22.8. The summed E-state index contributed by atoms with van der Waals surface area (Å²) in [6.45, 7) is 1.64. The summed E-state index contributed by atoms with van der Waals surface area (Å²) in [5.74, 6) is -1.29. The number of allylic oxidation sites excluding steroid dienone is 2. The van der Waals surface area contributed by atoms with Crippen LogP contribution in [0.2, 0.25) is 5.02 Å². The molecule has 174 valence electrons. The molecular weight excluding hydrogens is 477 g/mol. The van der Waals surface area contributed by atoms with Crippen LogP contribution >= 0.6 is 11.6 Å². The molecule has 1 atom stereocenters. The van der Waals surface area contributed by atoms with Gasteiger partial charge in [-0.1, -0.05) is 11.6 Å². The Hall–Kier alpha value is -4.38. The SMILES string of the molecule is CC1NC(n2nccn2)=C(C#N)C=C1NC(=O)c1cnn(-c2ccc(Cl)c(N)n2)c1C(F)(F)F. The molecule has 3 aromatic heterocycles. The summed E-state index contributed by atoms with van der Waals surface area (Å²) in [6.07, 6.45) is -0.0342. The summed E-state index contributed by atoms with van der Waals surface area (Å²) >= 11 is 5.79. The zero-order valence-electron chi connectivity index (χ0n) is 17.2. The molecule has 0 radical (unpaired) electrons. The van der Waals surface area contributed by atoms with Crippen molar-refractivity contribution in [3.05, 3.63) is 64.3 Å². The largest absolute Gasteiger partial charge is 0.434 e. The minimum absolute atomic E-state index is 0.0548. The van der Waals surface area contributed by atoms with Crippen LogP contribution in [-0.2, 0) is 6.18 Å². The molecule has 0 bridgehead atoms. The van der Waals surface area contributed by atoms with Crippen molar-refractivity contribution in [3.8, 4) is 11.9 Å². The summed E-state index contributed by atoms with van der Waals surface area (Å²) < 4.78 is 42.2. The summed E-state index contributed by atoms with van der Waals surface area (Å²) in [5, 5.41) is 26.5. The Morgan fingerprint density at radius 2 is 2.00 bits per heavy atom. The number of amides is 1. The van der Waals surface area contributed by atoms with Crippen LogP contribution in [0.3, 0.4) is 0 Å². The molecule has 0 saturated carbocycles. The number of anilines is 1. The Morgan fingerprint density at radius 1 is 1.29 bits per heavy atom. The lowest BCUT2D eigenvalue weighted by molar-refractivity contribution is -0.143. The Kier molecular flexibility index (Phi) is 5.71. The first-order valence-corrected chi connectivity index (χ1v) is 9.86. The number of nitrogens with two attached hydrogens (primary N) is 1. The lowest BCUT2D eigenvalue weighted by Crippen LogP contribution is -2.40. The molecule has 34 heavy (non-hydrogen) atoms. The third-order valence-electron chi connectivity index (χ3n) is 4.73. The van der Waals surface area contributed by atoms with Gasteiger partial charge in [0.1, 0.15) is 11.9 Å². The van der Waals surface area contributed by atoms with Gasteiger partial charge in [0, 0.05) is 5.70 Å². The zero-order valence-corrected chi connectivity index (χ0v) is 17.9. The molecule has 0 spiro atoms. The molecule has 4 N–H and O–H groups in total. The maximum Gasteiger partial charge on any atom is 0.434 e. The number of nitrogens with one attached hydrogen (secondary N) is 2. The van der Waals surface area contributed by atoms with Gasteiger partial charge in [-0.05, 0) is 25.1 Å². The number of dihydropyridines is 1. The van der Waals surface area contributed by atoms with Crippen molar-refractivity contribution in [1.82, 2.24) is 40.4 Å². The van der Waals surface area contributed by atoms with Crippen LogP contribution in [-0.4, -0.2) is 41.7 Å². The van der Waals surface area contributed by atoms with Gasteiger partial charge in [-0.25, -0.2) is 9.67 Å². The first-order chi connectivity index (χ1) is 16.1. The van der Waals surface area contributed by atoms with Crippen LogP contribution < -0.4 is 16.4 Å². The van der Waals surface area contributed by atoms with E-state index in [0.717, 1.165) is 6.20 Å². The summed E-state index contributed by atoms with van der Waals surface area (Å²) in [6, 6.07) is 3.80. The minimum Gasteiger partial charge on any atom is -0.382 e. The second-order valence-electron chi connectivity index (χ2n) is 6.97. The molecule has 1 aliphatic heterocycles. The predicted octanol–water partition coefficient (Wildman–Crippen LogP) is 2.11. The molecule has 0 saturated heterocycles. The lowest BCUT2D eigenvalue weighted by atomic mass is 10.1. The average molecular weight is 491 g/mol. The third-order valence-corrected chi connectivity index (χ3v) is 5.05. The smallest absolute Gasteiger partial charge is 0.382 e. The Morgan fingerprint density at radius 3 is 2.62 bits per heavy atom. The fourth-order valence-corrected chi connectivity index (χ4v) is 3.27. The highest BCUT2D eigenvalue weighted by Crippen LogP contribution is 2.34. The number of nitrogens with zero attached hydrogens (tertiary/aromatic N) is 7. The maximum absolute atomic E-state index is 13.9. The van der Waals surface area contributed by atoms with E-state index in [9.17, 15) is 23.2 Å². The fraction of sp³-hybridized carbons (Fsp3) is 0.158. The van der Waals surface area contributed by atoms with Crippen molar-refractivity contribution in [3.63, 3.8) is 0 Å². The zero-order chi connectivity index (χ0) is 24.6. The third kappa shape index (κ3) is 4.16. The van der Waals surface area contributed by atoms with E-state index >= 15 is 0 Å². The van der Waals surface area contributed by atoms with Crippen LogP contribution in [0.1, 0.15) is 23.0 Å². The summed E-state index contributed by atoms with van der Waals surface area (Å²) in [7, 11) is 0. The average Bonchev–Trinajstić information content (AvgIpc) is 3.46. The molecule has 0 aliphatic carbocycles. The van der Waals surface area contributed by atoms with E-state index in [1.54, 1.807) is 6.92 Å². The van der Waals surface area contributed by atoms with E-state index in [2.05, 4.69) is 30.9 Å². The molecule has 11 nitrogen and oxygen atoms in total. The molecular formula is C19H14ClF3N10O. The van der Waals surface area contributed by atoms with E-state index in [4.69, 9.17) is 17.3 Å². The van der Waals surface area contributed by atoms with Gasteiger partial charge in [-0.15, -0.1) is 4.80 Å². The highest BCUT2D eigenvalue weighted by atomic mass is 35.5. The fourth-order valence-electron chi connectivity index (χ4n) is 3.16. The summed E-state index contributed by atoms with van der Waals surface area (Å²) in [4.78, 5) is 17.9. The number of carbonyl (C=O) groups excluding carboxylic acids is 1. The Labute approximate surface area is 194 Å². The number of pyridine rings is 1. The normalized spacial score (nSPS) is 16.0. The molecule has 1 amide bonds. The quantitative estimate of drug-likeness (QED) is 0.502. The molecule has 1 unspecified atom stereocenters. The van der Waals surface area contributed by atoms with E-state index in [-0.39, 0.29) is 33.7 Å². The van der Waals surface area contributed by atoms with Crippen molar-refractivity contribution >= 4 is 29.1 Å². The van der Waals surface area contributed by atoms with E-state index in [1.165, 1.54) is 35.4 Å². The lowest BCUT2D eigenvalue weighted by Gasteiger charge is -2.25. The highest BCUT2D eigenvalue weighted by Gasteiger charge is 2.41. The van der Waals surface area contributed by atoms with Gasteiger partial charge in [0.15, 0.2) is 17.3 Å². The predicted molar refractivity (Wildman–Crippen MR) is 113 cm³/mol. The van der Waals surface area contributed by atoms with E-state index in [0.29, 0.717) is 4.68 Å². The first-order valence-electron chi connectivity index (χ1n) is 9.48. The van der Waals surface area contributed by atoms with Crippen molar-refractivity contribution < 1.29 is 18.0 Å². The van der Waals surface area contributed by atoms with Crippen LogP contribution in [0.15, 0.2) is 48.1 Å². The molecule has 3 aromatic rings. The van der Waals surface area contributed by atoms with Gasteiger partial charge in [-0.3, -0.25) is 4.79 Å². The van der Waals surface area contributed by atoms with E-state index < -0.39 is 29.4 Å². The standard InChI is InChI=1S/C19H14ClF3N10O/c1-9-13(6-10(7-24)17(29-9)33-26-4-5-27-33)30-18(34)11-8-28-32(15(11)19(21,22)23)14-3-2-12(20)16(25)31-14/h2-6,8-9,29H,1H3,(H2,25,31)(H,30,34). The number of aromatic nitrogens is 6. The van der Waals surface area contributed by atoms with Crippen LogP contribution in [0.4, 0.5) is 19.0 Å². The number of carbonyl (C=O) groups is 1. The van der Waals surface area contributed by atoms with Crippen molar-refractivity contribution in [1.29, 1.82) is 5.26 Å². The number of nitrogen functional groups attached to an aromatic ring is 1. The second kappa shape index (κ2) is 8.52. The van der Waals surface area contributed by atoms with Crippen molar-refractivity contribution in [2.24, 2.45) is 0 Å². The van der Waals surface area contributed by atoms with Crippen LogP contribution in [0, 0.1) is 11.3 Å². The molecule has 1 aliphatic rings. The number of rotatable bonds is 4. The number of hydrogen-bond donors (Lipinski definition) is 3. The minimum atomic E-state index is -4.96. The highest BCUT2D eigenvalue weighted by molar-refractivity contribution is 6.32. The van der Waals surface area contributed by atoms with Gasteiger partial charge >= 0.3 is 6.18 Å². The topological polar surface area (TPSA) is 152 Å². The Balaban J connectivity index is 1.71. The van der Waals surface area contributed by atoms with Crippen LogP contribution in [0.5, 0.6) is 0 Å². The Bertz CT molecular complexity index is 1370. The van der Waals surface area contributed by atoms with Gasteiger partial charge in [-0.2, -0.15) is 33.7 Å². The van der Waals surface area contributed by atoms with Gasteiger partial charge < -0.3 is 16.4 Å². The van der Waals surface area contributed by atoms with Gasteiger partial charge in [0.2, 0.25) is 0 Å². The summed E-state index contributed by atoms with van der Waals surface area (Å²) in [5.41, 5.74) is 3.72. The van der Waals surface area contributed by atoms with Crippen LogP contribution in [0.25, 0.3) is 11.6 Å². The number of nitriles is 1. The molecule has 0 aromatic carbocycles. The monoisotopic (exact) mass is 490 g/mol. The molecule has 4 rings (SSSR count). The van der Waals surface area contributed by atoms with Crippen molar-refractivity contribution in [2.75, 3.05) is 5.73 Å². The number of hydrogen-bond acceptors (Lipinski definition) is 8. The molecule has 4 heterocycles. The number of halogens is 4. The van der Waals surface area contributed by atoms with E-state index in [1.807, 2.05) is 6.07 Å². The van der Waals surface area contributed by atoms with Crippen molar-refractivity contribution in [2.45, 2.75) is 19.1 Å². The van der Waals surface area contributed by atoms with Gasteiger partial charge in [0.05, 0.1) is 40.8 Å². The molecule has 15 heteroatoms. The van der Waals surface area contributed by atoms with Gasteiger partial charge in [0.25, 0.3) is 5.91 Å². The second-order valence-corrected chi connectivity index (χ2v) is 7.37. The maximum atomic E-state index is 13.9.